The molecule has 2 rings (SSSR count). The van der Waals surface area contributed by atoms with Crippen LogP contribution in [0.5, 0.6) is 0 Å². The van der Waals surface area contributed by atoms with Gasteiger partial charge in [-0.15, -0.1) is 0 Å². The topological polar surface area (TPSA) is 67.4 Å². The summed E-state index contributed by atoms with van der Waals surface area (Å²) in [5.74, 6) is -2.07. The molecule has 0 aliphatic carbocycles. The van der Waals surface area contributed by atoms with Crippen molar-refractivity contribution in [2.45, 2.75) is 39.2 Å². The van der Waals surface area contributed by atoms with Crippen molar-refractivity contribution in [3.8, 4) is 0 Å². The second-order valence-corrected chi connectivity index (χ2v) is 6.94. The molecule has 1 atom stereocenters. The number of carbonyl (C=O) groups excluding carboxylic acids is 2. The lowest BCUT2D eigenvalue weighted by Gasteiger charge is -2.22. The van der Waals surface area contributed by atoms with Gasteiger partial charge in [0.25, 0.3) is 0 Å². The van der Waals surface area contributed by atoms with Crippen LogP contribution < -0.4 is 10.6 Å². The van der Waals surface area contributed by atoms with Crippen molar-refractivity contribution in [3.63, 3.8) is 0 Å². The van der Waals surface area contributed by atoms with Gasteiger partial charge in [0.05, 0.1) is 5.56 Å². The lowest BCUT2D eigenvalue weighted by molar-refractivity contribution is -0.138. The van der Waals surface area contributed by atoms with Crippen LogP contribution in [-0.2, 0) is 28.9 Å². The van der Waals surface area contributed by atoms with Crippen molar-refractivity contribution >= 4 is 12.0 Å². The Bertz CT molecular complexity index is 870. The van der Waals surface area contributed by atoms with Crippen molar-refractivity contribution in [1.82, 2.24) is 10.6 Å². The number of carbonyl (C=O) groups is 2. The minimum atomic E-state index is -4.76. The molecule has 0 radical (unpaired) electrons. The van der Waals surface area contributed by atoms with E-state index in [0.717, 1.165) is 17.7 Å². The normalized spacial score (nSPS) is 12.4. The summed E-state index contributed by atoms with van der Waals surface area (Å²) in [6, 6.07) is 10.1. The molecule has 0 spiro atoms. The van der Waals surface area contributed by atoms with Crippen molar-refractivity contribution in [3.05, 3.63) is 71.0 Å². The van der Waals surface area contributed by atoms with Gasteiger partial charge >= 0.3 is 12.3 Å². The molecule has 9 heteroatoms. The van der Waals surface area contributed by atoms with Crippen LogP contribution in [-0.4, -0.2) is 18.0 Å². The van der Waals surface area contributed by atoms with Gasteiger partial charge in [-0.05, 0) is 29.2 Å². The maximum Gasteiger partial charge on any atom is 0.416 e. The number of hydrogen-bond donors (Lipinski definition) is 2. The zero-order valence-corrected chi connectivity index (χ0v) is 16.4. The van der Waals surface area contributed by atoms with Gasteiger partial charge < -0.3 is 15.4 Å². The van der Waals surface area contributed by atoms with E-state index in [1.807, 2.05) is 6.07 Å². The van der Waals surface area contributed by atoms with E-state index in [0.29, 0.717) is 6.07 Å². The Morgan fingerprint density at radius 3 is 2.33 bits per heavy atom. The molecule has 0 saturated heterocycles. The Morgan fingerprint density at radius 2 is 1.73 bits per heavy atom. The molecule has 0 bridgehead atoms. The zero-order chi connectivity index (χ0) is 22.3. The summed E-state index contributed by atoms with van der Waals surface area (Å²) in [5.41, 5.74) is -0.695. The summed E-state index contributed by atoms with van der Waals surface area (Å²) in [6.07, 6.45) is -5.59. The van der Waals surface area contributed by atoms with Crippen LogP contribution in [0.15, 0.2) is 48.5 Å². The van der Waals surface area contributed by atoms with Gasteiger partial charge in [0.15, 0.2) is 0 Å². The standard InChI is InChI=1S/C21H22F4N2O3/c1-13(2)18(27-20(29)30-12-14-6-4-3-5-7-14)19(28)26-11-15-8-9-16(22)10-17(15)21(23,24)25/h3-10,13,18H,11-12H2,1-2H3,(H,26,28)(H,27,29)/t18-/m0/s1. The van der Waals surface area contributed by atoms with Crippen LogP contribution in [0.2, 0.25) is 0 Å². The molecule has 0 aliphatic heterocycles. The lowest BCUT2D eigenvalue weighted by Crippen LogP contribution is -2.49. The summed E-state index contributed by atoms with van der Waals surface area (Å²) in [5, 5.41) is 4.78. The maximum atomic E-state index is 13.2. The Balaban J connectivity index is 1.98. The second kappa shape index (κ2) is 10.1. The number of amides is 2. The van der Waals surface area contributed by atoms with Gasteiger partial charge in [-0.1, -0.05) is 50.2 Å². The summed E-state index contributed by atoms with van der Waals surface area (Å²) in [4.78, 5) is 24.5. The van der Waals surface area contributed by atoms with Crippen LogP contribution in [0.25, 0.3) is 0 Å². The Labute approximate surface area is 171 Å². The molecule has 162 valence electrons. The van der Waals surface area contributed by atoms with E-state index in [9.17, 15) is 27.2 Å². The minimum absolute atomic E-state index is 0.00360. The molecule has 0 aromatic heterocycles. The quantitative estimate of drug-likeness (QED) is 0.645. The Kier molecular flexibility index (Phi) is 7.79. The molecule has 2 aromatic carbocycles. The fourth-order valence-corrected chi connectivity index (χ4v) is 2.69. The first kappa shape index (κ1) is 23.2. The average molecular weight is 426 g/mol. The summed E-state index contributed by atoms with van der Waals surface area (Å²) in [6.45, 7) is 2.86. The molecule has 0 heterocycles. The number of hydrogen-bond acceptors (Lipinski definition) is 3. The first-order chi connectivity index (χ1) is 14.1. The SMILES string of the molecule is CC(C)[C@H](NC(=O)OCc1ccccc1)C(=O)NCc1ccc(F)cc1C(F)(F)F. The number of alkyl halides is 3. The molecule has 0 aliphatic rings. The molecule has 2 N–H and O–H groups in total. The highest BCUT2D eigenvalue weighted by Gasteiger charge is 2.34. The summed E-state index contributed by atoms with van der Waals surface area (Å²) in [7, 11) is 0. The van der Waals surface area contributed by atoms with Crippen LogP contribution in [0.1, 0.15) is 30.5 Å². The highest BCUT2D eigenvalue weighted by atomic mass is 19.4. The average Bonchev–Trinajstić information content (AvgIpc) is 2.69. The van der Waals surface area contributed by atoms with Crippen molar-refractivity contribution in [2.75, 3.05) is 0 Å². The molecule has 5 nitrogen and oxygen atoms in total. The largest absolute Gasteiger partial charge is 0.445 e. The minimum Gasteiger partial charge on any atom is -0.445 e. The predicted octanol–water partition coefficient (Wildman–Crippen LogP) is 4.41. The molecule has 2 amide bonds. The van der Waals surface area contributed by atoms with E-state index in [4.69, 9.17) is 4.74 Å². The van der Waals surface area contributed by atoms with E-state index in [2.05, 4.69) is 10.6 Å². The molecular weight excluding hydrogens is 404 g/mol. The van der Waals surface area contributed by atoms with Crippen LogP contribution in [0, 0.1) is 11.7 Å². The third-order valence-electron chi connectivity index (χ3n) is 4.27. The third kappa shape index (κ3) is 6.75. The lowest BCUT2D eigenvalue weighted by atomic mass is 10.0. The van der Waals surface area contributed by atoms with Crippen LogP contribution in [0.4, 0.5) is 22.4 Å². The first-order valence-corrected chi connectivity index (χ1v) is 9.18. The maximum absolute atomic E-state index is 13.2. The summed E-state index contributed by atoms with van der Waals surface area (Å²) >= 11 is 0. The van der Waals surface area contributed by atoms with E-state index in [-0.39, 0.29) is 18.1 Å². The van der Waals surface area contributed by atoms with Gasteiger partial charge in [-0.25, -0.2) is 9.18 Å². The first-order valence-electron chi connectivity index (χ1n) is 9.18. The second-order valence-electron chi connectivity index (χ2n) is 6.94. The fourth-order valence-electron chi connectivity index (χ4n) is 2.69. The number of nitrogens with one attached hydrogen (secondary N) is 2. The van der Waals surface area contributed by atoms with Gasteiger partial charge in [0, 0.05) is 6.54 Å². The van der Waals surface area contributed by atoms with Gasteiger partial charge in [0.1, 0.15) is 18.5 Å². The van der Waals surface area contributed by atoms with E-state index in [1.54, 1.807) is 38.1 Å². The Hall–Kier alpha value is -3.10. The van der Waals surface area contributed by atoms with Crippen LogP contribution in [0.3, 0.4) is 0 Å². The van der Waals surface area contributed by atoms with E-state index >= 15 is 0 Å². The van der Waals surface area contributed by atoms with E-state index < -0.39 is 42.1 Å². The highest BCUT2D eigenvalue weighted by molar-refractivity contribution is 5.85. The summed E-state index contributed by atoms with van der Waals surface area (Å²) < 4.78 is 57.5. The van der Waals surface area contributed by atoms with Crippen LogP contribution >= 0.6 is 0 Å². The Morgan fingerprint density at radius 1 is 1.07 bits per heavy atom. The third-order valence-corrected chi connectivity index (χ3v) is 4.27. The van der Waals surface area contributed by atoms with Gasteiger partial charge in [-0.3, -0.25) is 4.79 Å². The number of halogens is 4. The molecule has 30 heavy (non-hydrogen) atoms. The van der Waals surface area contributed by atoms with Crippen molar-refractivity contribution < 1.29 is 31.9 Å². The highest BCUT2D eigenvalue weighted by Crippen LogP contribution is 2.32. The molecule has 0 saturated carbocycles. The molecule has 2 aromatic rings. The molecule has 0 fully saturated rings. The van der Waals surface area contributed by atoms with Crippen molar-refractivity contribution in [1.29, 1.82) is 0 Å². The number of rotatable bonds is 7. The smallest absolute Gasteiger partial charge is 0.416 e. The molecular formula is C21H22F4N2O3. The number of benzene rings is 2. The fraction of sp³-hybridized carbons (Fsp3) is 0.333. The van der Waals surface area contributed by atoms with Crippen molar-refractivity contribution in [2.24, 2.45) is 5.92 Å². The number of alkyl carbamates (subject to hydrolysis) is 1. The van der Waals surface area contributed by atoms with E-state index in [1.165, 1.54) is 0 Å². The number of ether oxygens (including phenoxy) is 1. The predicted molar refractivity (Wildman–Crippen MR) is 102 cm³/mol. The van der Waals surface area contributed by atoms with Gasteiger partial charge in [0.2, 0.25) is 5.91 Å². The van der Waals surface area contributed by atoms with Gasteiger partial charge in [-0.2, -0.15) is 13.2 Å². The monoisotopic (exact) mass is 426 g/mol. The zero-order valence-electron chi connectivity index (χ0n) is 16.4. The molecule has 0 unspecified atom stereocenters.